The van der Waals surface area contributed by atoms with Crippen LogP contribution in [-0.4, -0.2) is 34.5 Å². The number of H-pyrrole nitrogens is 1. The molecule has 0 aliphatic rings. The first-order valence-electron chi connectivity index (χ1n) is 5.97. The van der Waals surface area contributed by atoms with Crippen molar-refractivity contribution in [1.29, 1.82) is 0 Å². The zero-order valence-corrected chi connectivity index (χ0v) is 11.8. The average molecular weight is 311 g/mol. The first-order valence-corrected chi connectivity index (χ1v) is 5.97. The van der Waals surface area contributed by atoms with Crippen molar-refractivity contribution in [1.82, 2.24) is 10.3 Å². The number of halogens is 1. The van der Waals surface area contributed by atoms with Gasteiger partial charge in [-0.2, -0.15) is 0 Å². The Morgan fingerprint density at radius 1 is 1.33 bits per heavy atom. The minimum Gasteiger partial charge on any atom is -0.481 e. The van der Waals surface area contributed by atoms with E-state index < -0.39 is 11.9 Å². The van der Waals surface area contributed by atoms with Crippen LogP contribution in [0.4, 0.5) is 0 Å². The maximum atomic E-state index is 11.9. The van der Waals surface area contributed by atoms with Gasteiger partial charge in [-0.3, -0.25) is 19.9 Å². The van der Waals surface area contributed by atoms with Gasteiger partial charge in [0.25, 0.3) is 5.91 Å². The number of nitrogens with two attached hydrogens (primary N) is 1. The number of aromatic nitrogens is 1. The summed E-state index contributed by atoms with van der Waals surface area (Å²) < 4.78 is 0. The van der Waals surface area contributed by atoms with Gasteiger partial charge in [-0.15, -0.1) is 12.4 Å². The molecular formula is C13H15ClN4O3. The van der Waals surface area contributed by atoms with Gasteiger partial charge in [0.05, 0.1) is 13.0 Å². The lowest BCUT2D eigenvalue weighted by atomic mass is 10.2. The van der Waals surface area contributed by atoms with E-state index in [9.17, 15) is 9.59 Å². The highest BCUT2D eigenvalue weighted by Crippen LogP contribution is 2.14. The lowest BCUT2D eigenvalue weighted by Gasteiger charge is -2.02. The number of nitrogens with one attached hydrogen (secondary N) is 2. The Balaban J connectivity index is 0.00000220. The Labute approximate surface area is 126 Å². The molecule has 0 aliphatic heterocycles. The van der Waals surface area contributed by atoms with Gasteiger partial charge in [0.15, 0.2) is 5.96 Å². The van der Waals surface area contributed by atoms with E-state index in [1.54, 1.807) is 6.07 Å². The molecule has 0 fully saturated rings. The van der Waals surface area contributed by atoms with E-state index in [0.29, 0.717) is 5.69 Å². The molecule has 0 saturated heterocycles. The number of aliphatic carboxylic acids is 1. The van der Waals surface area contributed by atoms with E-state index in [1.165, 1.54) is 0 Å². The van der Waals surface area contributed by atoms with Crippen LogP contribution in [0.2, 0.25) is 0 Å². The fourth-order valence-corrected chi connectivity index (χ4v) is 1.69. The number of nitrogens with zero attached hydrogens (tertiary/aromatic N) is 1. The molecule has 8 heteroatoms. The molecule has 21 heavy (non-hydrogen) atoms. The van der Waals surface area contributed by atoms with E-state index in [2.05, 4.69) is 15.3 Å². The lowest BCUT2D eigenvalue weighted by Crippen LogP contribution is -2.37. The molecule has 7 nitrogen and oxygen atoms in total. The van der Waals surface area contributed by atoms with Gasteiger partial charge in [0.2, 0.25) is 0 Å². The zero-order valence-electron chi connectivity index (χ0n) is 11.0. The van der Waals surface area contributed by atoms with Crippen LogP contribution in [0.1, 0.15) is 16.9 Å². The van der Waals surface area contributed by atoms with Crippen LogP contribution in [0.5, 0.6) is 0 Å². The first-order chi connectivity index (χ1) is 9.56. The van der Waals surface area contributed by atoms with Crippen molar-refractivity contribution in [3.8, 4) is 0 Å². The number of aromatic amines is 1. The van der Waals surface area contributed by atoms with Crippen LogP contribution in [0.3, 0.4) is 0 Å². The highest BCUT2D eigenvalue weighted by Gasteiger charge is 2.10. The Bertz CT molecular complexity index is 648. The smallest absolute Gasteiger partial charge is 0.305 e. The summed E-state index contributed by atoms with van der Waals surface area (Å²) in [5.41, 5.74) is 6.71. The maximum Gasteiger partial charge on any atom is 0.305 e. The zero-order chi connectivity index (χ0) is 14.5. The number of aliphatic imine (C=N–C) groups is 1. The Morgan fingerprint density at radius 2 is 2.05 bits per heavy atom. The highest BCUT2D eigenvalue weighted by atomic mass is 35.5. The molecule has 5 N–H and O–H groups in total. The molecule has 1 aromatic carbocycles. The average Bonchev–Trinajstić information content (AvgIpc) is 2.82. The van der Waals surface area contributed by atoms with E-state index in [-0.39, 0.29) is 31.3 Å². The Morgan fingerprint density at radius 3 is 2.71 bits per heavy atom. The largest absolute Gasteiger partial charge is 0.481 e. The number of carbonyl (C=O) groups is 2. The minimum atomic E-state index is -0.969. The van der Waals surface area contributed by atoms with Crippen molar-refractivity contribution < 1.29 is 14.7 Å². The number of benzene rings is 1. The number of hydrogen-bond donors (Lipinski definition) is 4. The predicted molar refractivity (Wildman–Crippen MR) is 81.8 cm³/mol. The molecule has 0 aliphatic carbocycles. The first kappa shape index (κ1) is 16.5. The lowest BCUT2D eigenvalue weighted by molar-refractivity contribution is -0.136. The second-order valence-corrected chi connectivity index (χ2v) is 4.14. The molecule has 2 rings (SSSR count). The summed E-state index contributed by atoms with van der Waals surface area (Å²) >= 11 is 0. The van der Waals surface area contributed by atoms with E-state index in [1.807, 2.05) is 24.3 Å². The van der Waals surface area contributed by atoms with Crippen molar-refractivity contribution in [2.24, 2.45) is 10.7 Å². The molecule has 1 amide bonds. The molecule has 2 aromatic rings. The van der Waals surface area contributed by atoms with Crippen LogP contribution in [0.25, 0.3) is 10.9 Å². The van der Waals surface area contributed by atoms with Gasteiger partial charge in [0.1, 0.15) is 5.69 Å². The third kappa shape index (κ3) is 4.50. The quantitative estimate of drug-likeness (QED) is 0.499. The van der Waals surface area contributed by atoms with E-state index >= 15 is 0 Å². The number of rotatable bonds is 4. The van der Waals surface area contributed by atoms with Crippen LogP contribution in [0.15, 0.2) is 35.3 Å². The van der Waals surface area contributed by atoms with Gasteiger partial charge in [-0.1, -0.05) is 18.2 Å². The van der Waals surface area contributed by atoms with Crippen molar-refractivity contribution in [2.75, 3.05) is 6.54 Å². The van der Waals surface area contributed by atoms with Gasteiger partial charge >= 0.3 is 5.97 Å². The monoisotopic (exact) mass is 310 g/mol. The number of carboxylic acid groups (broad SMARTS) is 1. The Hall–Kier alpha value is -2.54. The van der Waals surface area contributed by atoms with Crippen molar-refractivity contribution in [3.63, 3.8) is 0 Å². The molecule has 1 aromatic heterocycles. The molecule has 0 atom stereocenters. The molecule has 0 spiro atoms. The number of carboxylic acids is 1. The maximum absolute atomic E-state index is 11.9. The van der Waals surface area contributed by atoms with Crippen LogP contribution < -0.4 is 11.1 Å². The number of para-hydroxylation sites is 1. The fourth-order valence-electron chi connectivity index (χ4n) is 1.69. The number of guanidine groups is 1. The summed E-state index contributed by atoms with van der Waals surface area (Å²) in [6.45, 7) is 0.0220. The molecule has 1 heterocycles. The van der Waals surface area contributed by atoms with E-state index in [0.717, 1.165) is 10.9 Å². The third-order valence-corrected chi connectivity index (χ3v) is 2.62. The summed E-state index contributed by atoms with van der Waals surface area (Å²) in [5.74, 6) is -1.49. The van der Waals surface area contributed by atoms with Crippen LogP contribution in [-0.2, 0) is 4.79 Å². The van der Waals surface area contributed by atoms with Crippen molar-refractivity contribution >= 4 is 41.1 Å². The minimum absolute atomic E-state index is 0. The number of hydrogen-bond acceptors (Lipinski definition) is 3. The molecule has 0 radical (unpaired) electrons. The highest BCUT2D eigenvalue weighted by molar-refractivity contribution is 6.06. The van der Waals surface area contributed by atoms with Gasteiger partial charge in [-0.05, 0) is 12.1 Å². The van der Waals surface area contributed by atoms with Crippen LogP contribution >= 0.6 is 12.4 Å². The Kier molecular flexibility index (Phi) is 5.74. The molecule has 0 bridgehead atoms. The number of fused-ring (bicyclic) bond motifs is 1. The summed E-state index contributed by atoms with van der Waals surface area (Å²) in [5, 5.41) is 11.8. The van der Waals surface area contributed by atoms with Crippen molar-refractivity contribution in [3.05, 3.63) is 36.0 Å². The normalized spacial score (nSPS) is 11.0. The van der Waals surface area contributed by atoms with Crippen molar-refractivity contribution in [2.45, 2.75) is 6.42 Å². The summed E-state index contributed by atoms with van der Waals surface area (Å²) in [6.07, 6.45) is -0.136. The second kappa shape index (κ2) is 7.30. The number of amides is 1. The van der Waals surface area contributed by atoms with Crippen LogP contribution in [0, 0.1) is 0 Å². The summed E-state index contributed by atoms with van der Waals surface area (Å²) in [4.78, 5) is 28.9. The SMILES string of the molecule is Cl.NC(=NCCC(=O)O)NC(=O)c1cc2ccccc2[nH]1. The van der Waals surface area contributed by atoms with E-state index in [4.69, 9.17) is 10.8 Å². The topological polar surface area (TPSA) is 121 Å². The fraction of sp³-hybridized carbons (Fsp3) is 0.154. The molecule has 0 saturated carbocycles. The number of carbonyl (C=O) groups excluding carboxylic acids is 1. The van der Waals surface area contributed by atoms with Gasteiger partial charge in [-0.25, -0.2) is 0 Å². The summed E-state index contributed by atoms with van der Waals surface area (Å²) in [7, 11) is 0. The summed E-state index contributed by atoms with van der Waals surface area (Å²) in [6, 6.07) is 9.18. The second-order valence-electron chi connectivity index (χ2n) is 4.14. The predicted octanol–water partition coefficient (Wildman–Crippen LogP) is 1.11. The molecular weight excluding hydrogens is 296 g/mol. The molecule has 0 unspecified atom stereocenters. The standard InChI is InChI=1S/C13H14N4O3.ClH/c14-13(15-6-5-11(18)19)17-12(20)10-7-8-3-1-2-4-9(8)16-10;/h1-4,7,16H,5-6H2,(H,18,19)(H3,14,15,17,20);1H. The molecule has 112 valence electrons. The third-order valence-electron chi connectivity index (χ3n) is 2.62. The van der Waals surface area contributed by atoms with Gasteiger partial charge < -0.3 is 15.8 Å². The van der Waals surface area contributed by atoms with Gasteiger partial charge in [0, 0.05) is 10.9 Å².